The lowest BCUT2D eigenvalue weighted by Crippen LogP contribution is -2.34. The van der Waals surface area contributed by atoms with Crippen LogP contribution in [0.1, 0.15) is 16.7 Å². The molecule has 1 N–H and O–H groups in total. The van der Waals surface area contributed by atoms with Gasteiger partial charge in [-0.2, -0.15) is 18.3 Å². The highest BCUT2D eigenvalue weighted by molar-refractivity contribution is 5.38. The SMILES string of the molecule is OC(Cn1cncn1)(c1ccc(C(F)(F)F)cc1)c1ccc(F)cc1F. The monoisotopic (exact) mass is 369 g/mol. The first-order valence-electron chi connectivity index (χ1n) is 7.38. The molecule has 0 saturated carbocycles. The Morgan fingerprint density at radius 2 is 1.62 bits per heavy atom. The van der Waals surface area contributed by atoms with Crippen molar-refractivity contribution < 1.29 is 27.1 Å². The van der Waals surface area contributed by atoms with Crippen LogP contribution in [-0.2, 0) is 18.3 Å². The summed E-state index contributed by atoms with van der Waals surface area (Å²) in [5, 5.41) is 15.0. The van der Waals surface area contributed by atoms with E-state index in [1.807, 2.05) is 0 Å². The van der Waals surface area contributed by atoms with Gasteiger partial charge in [0.2, 0.25) is 0 Å². The van der Waals surface area contributed by atoms with Crippen molar-refractivity contribution in [3.8, 4) is 0 Å². The highest BCUT2D eigenvalue weighted by Gasteiger charge is 2.37. The average molecular weight is 369 g/mol. The largest absolute Gasteiger partial charge is 0.416 e. The molecule has 3 aromatic rings. The van der Waals surface area contributed by atoms with Crippen molar-refractivity contribution in [2.24, 2.45) is 0 Å². The maximum absolute atomic E-state index is 14.3. The molecular formula is C17H12F5N3O. The predicted octanol–water partition coefficient (Wildman–Crippen LogP) is 3.51. The minimum absolute atomic E-state index is 0.00786. The van der Waals surface area contributed by atoms with Gasteiger partial charge < -0.3 is 5.11 Å². The van der Waals surface area contributed by atoms with Crippen molar-refractivity contribution in [3.05, 3.63) is 83.4 Å². The Labute approximate surface area is 144 Å². The molecule has 26 heavy (non-hydrogen) atoms. The van der Waals surface area contributed by atoms with Crippen molar-refractivity contribution in [3.63, 3.8) is 0 Å². The average Bonchev–Trinajstić information content (AvgIpc) is 3.06. The Bertz CT molecular complexity index is 894. The topological polar surface area (TPSA) is 50.9 Å². The summed E-state index contributed by atoms with van der Waals surface area (Å²) in [6, 6.07) is 6.23. The van der Waals surface area contributed by atoms with Crippen LogP contribution in [0.5, 0.6) is 0 Å². The third-order valence-electron chi connectivity index (χ3n) is 3.92. The van der Waals surface area contributed by atoms with Crippen LogP contribution < -0.4 is 0 Å². The molecule has 0 saturated heterocycles. The third-order valence-corrected chi connectivity index (χ3v) is 3.92. The molecule has 0 fully saturated rings. The molecule has 1 unspecified atom stereocenters. The van der Waals surface area contributed by atoms with Gasteiger partial charge in [-0.05, 0) is 29.8 Å². The summed E-state index contributed by atoms with van der Waals surface area (Å²) in [6.45, 7) is -0.332. The minimum Gasteiger partial charge on any atom is -0.378 e. The van der Waals surface area contributed by atoms with Crippen molar-refractivity contribution in [1.82, 2.24) is 14.8 Å². The number of hydrogen-bond donors (Lipinski definition) is 1. The van der Waals surface area contributed by atoms with Crippen LogP contribution in [0.3, 0.4) is 0 Å². The fourth-order valence-electron chi connectivity index (χ4n) is 2.64. The van der Waals surface area contributed by atoms with E-state index in [9.17, 15) is 27.1 Å². The molecule has 3 rings (SSSR count). The Kier molecular flexibility index (Phi) is 4.49. The summed E-state index contributed by atoms with van der Waals surface area (Å²) in [4.78, 5) is 3.71. The number of alkyl halides is 3. The Hall–Kier alpha value is -2.81. The van der Waals surface area contributed by atoms with Gasteiger partial charge in [0.1, 0.15) is 29.9 Å². The lowest BCUT2D eigenvalue weighted by molar-refractivity contribution is -0.137. The van der Waals surface area contributed by atoms with E-state index in [4.69, 9.17) is 0 Å². The fraction of sp³-hybridized carbons (Fsp3) is 0.176. The number of halogens is 5. The molecule has 0 aliphatic heterocycles. The second-order valence-corrected chi connectivity index (χ2v) is 5.65. The molecule has 0 radical (unpaired) electrons. The molecular weight excluding hydrogens is 357 g/mol. The van der Waals surface area contributed by atoms with Crippen LogP contribution in [0.25, 0.3) is 0 Å². The van der Waals surface area contributed by atoms with Gasteiger partial charge in [0.05, 0.1) is 12.1 Å². The normalized spacial score (nSPS) is 14.2. The number of hydrogen-bond acceptors (Lipinski definition) is 3. The van der Waals surface area contributed by atoms with E-state index in [1.165, 1.54) is 17.3 Å². The second kappa shape index (κ2) is 6.49. The molecule has 1 aromatic heterocycles. The molecule has 2 aromatic carbocycles. The first-order valence-corrected chi connectivity index (χ1v) is 7.38. The highest BCUT2D eigenvalue weighted by Crippen LogP contribution is 2.36. The molecule has 0 spiro atoms. The van der Waals surface area contributed by atoms with Crippen LogP contribution >= 0.6 is 0 Å². The summed E-state index contributed by atoms with van der Waals surface area (Å²) in [5.41, 5.74) is -3.31. The summed E-state index contributed by atoms with van der Waals surface area (Å²) < 4.78 is 67.0. The lowest BCUT2D eigenvalue weighted by atomic mass is 9.85. The van der Waals surface area contributed by atoms with Crippen LogP contribution in [0.15, 0.2) is 55.1 Å². The summed E-state index contributed by atoms with van der Waals surface area (Å²) >= 11 is 0. The van der Waals surface area contributed by atoms with Crippen LogP contribution in [0, 0.1) is 11.6 Å². The van der Waals surface area contributed by atoms with Gasteiger partial charge in [0, 0.05) is 11.6 Å². The van der Waals surface area contributed by atoms with Crippen LogP contribution in [-0.4, -0.2) is 19.9 Å². The van der Waals surface area contributed by atoms with Crippen molar-refractivity contribution in [2.75, 3.05) is 0 Å². The quantitative estimate of drug-likeness (QED) is 0.716. The summed E-state index contributed by atoms with van der Waals surface area (Å²) in [6.07, 6.45) is -2.10. The predicted molar refractivity (Wildman–Crippen MR) is 80.8 cm³/mol. The minimum atomic E-state index is -4.55. The van der Waals surface area contributed by atoms with Gasteiger partial charge in [-0.25, -0.2) is 18.4 Å². The molecule has 1 atom stereocenters. The number of benzene rings is 2. The Morgan fingerprint density at radius 1 is 0.962 bits per heavy atom. The van der Waals surface area contributed by atoms with E-state index in [0.29, 0.717) is 6.07 Å². The Balaban J connectivity index is 2.11. The molecule has 0 aliphatic carbocycles. The molecule has 0 amide bonds. The first-order chi connectivity index (χ1) is 12.2. The maximum atomic E-state index is 14.3. The number of aromatic nitrogens is 3. The van der Waals surface area contributed by atoms with E-state index in [-0.39, 0.29) is 17.7 Å². The molecule has 136 valence electrons. The molecule has 0 aliphatic rings. The number of rotatable bonds is 4. The highest BCUT2D eigenvalue weighted by atomic mass is 19.4. The van der Waals surface area contributed by atoms with Gasteiger partial charge in [-0.3, -0.25) is 0 Å². The second-order valence-electron chi connectivity index (χ2n) is 5.65. The van der Waals surface area contributed by atoms with E-state index < -0.39 is 29.0 Å². The maximum Gasteiger partial charge on any atom is 0.416 e. The van der Waals surface area contributed by atoms with Crippen LogP contribution in [0.2, 0.25) is 0 Å². The molecule has 0 bridgehead atoms. The molecule has 4 nitrogen and oxygen atoms in total. The fourth-order valence-corrected chi connectivity index (χ4v) is 2.64. The number of nitrogens with zero attached hydrogens (tertiary/aromatic N) is 3. The number of aliphatic hydroxyl groups is 1. The zero-order chi connectivity index (χ0) is 18.9. The third kappa shape index (κ3) is 3.43. The van der Waals surface area contributed by atoms with Gasteiger partial charge in [0.25, 0.3) is 0 Å². The van der Waals surface area contributed by atoms with Crippen LogP contribution in [0.4, 0.5) is 22.0 Å². The Morgan fingerprint density at radius 3 is 2.15 bits per heavy atom. The van der Waals surface area contributed by atoms with E-state index >= 15 is 0 Å². The smallest absolute Gasteiger partial charge is 0.378 e. The van der Waals surface area contributed by atoms with E-state index in [1.54, 1.807) is 0 Å². The zero-order valence-electron chi connectivity index (χ0n) is 13.1. The summed E-state index contributed by atoms with van der Waals surface area (Å²) in [7, 11) is 0. The van der Waals surface area contributed by atoms with Crippen molar-refractivity contribution in [1.29, 1.82) is 0 Å². The van der Waals surface area contributed by atoms with E-state index in [2.05, 4.69) is 10.1 Å². The first kappa shape index (κ1) is 18.0. The van der Waals surface area contributed by atoms with Crippen molar-refractivity contribution in [2.45, 2.75) is 18.3 Å². The van der Waals surface area contributed by atoms with E-state index in [0.717, 1.165) is 36.4 Å². The lowest BCUT2D eigenvalue weighted by Gasteiger charge is -2.29. The van der Waals surface area contributed by atoms with Gasteiger partial charge >= 0.3 is 6.18 Å². The van der Waals surface area contributed by atoms with Gasteiger partial charge in [-0.1, -0.05) is 12.1 Å². The summed E-state index contributed by atoms with van der Waals surface area (Å²) in [5.74, 6) is -1.88. The van der Waals surface area contributed by atoms with Crippen molar-refractivity contribution >= 4 is 0 Å². The molecule has 9 heteroatoms. The molecule has 1 heterocycles. The van der Waals surface area contributed by atoms with Gasteiger partial charge in [0.15, 0.2) is 0 Å². The zero-order valence-corrected chi connectivity index (χ0v) is 13.1. The standard InChI is InChI=1S/C17H12F5N3O/c18-13-5-6-14(15(19)7-13)16(26,8-25-10-23-9-24-25)11-1-3-12(4-2-11)17(20,21)22/h1-7,9-10,26H,8H2. The van der Waals surface area contributed by atoms with Gasteiger partial charge in [-0.15, -0.1) is 0 Å².